The molecule has 0 saturated heterocycles. The average molecular weight is 281 g/mol. The number of nitrogens with zero attached hydrogens (tertiary/aromatic N) is 1. The van der Waals surface area contributed by atoms with E-state index in [9.17, 15) is 13.9 Å². The van der Waals surface area contributed by atoms with Crippen molar-refractivity contribution < 1.29 is 13.9 Å². The minimum absolute atomic E-state index is 0.0281. The largest absolute Gasteiger partial charge is 0.387 e. The molecule has 1 aromatic carbocycles. The summed E-state index contributed by atoms with van der Waals surface area (Å²) in [7, 11) is 0. The zero-order valence-corrected chi connectivity index (χ0v) is 11.1. The second-order valence-corrected chi connectivity index (χ2v) is 5.21. The summed E-state index contributed by atoms with van der Waals surface area (Å²) in [5, 5.41) is 10.6. The van der Waals surface area contributed by atoms with Crippen LogP contribution in [0.1, 0.15) is 17.2 Å². The summed E-state index contributed by atoms with van der Waals surface area (Å²) >= 11 is 1.30. The van der Waals surface area contributed by atoms with Crippen LogP contribution in [0.4, 0.5) is 8.78 Å². The van der Waals surface area contributed by atoms with Crippen LogP contribution in [-0.2, 0) is 0 Å². The van der Waals surface area contributed by atoms with Gasteiger partial charge >= 0.3 is 0 Å². The van der Waals surface area contributed by atoms with Crippen molar-refractivity contribution >= 4 is 11.8 Å². The van der Waals surface area contributed by atoms with Crippen LogP contribution in [-0.4, -0.2) is 15.8 Å². The fraction of sp³-hybridized carbons (Fsp3) is 0.214. The highest BCUT2D eigenvalue weighted by Gasteiger charge is 2.14. The second kappa shape index (κ2) is 6.12. The van der Waals surface area contributed by atoms with Gasteiger partial charge in [-0.15, -0.1) is 11.8 Å². The first-order chi connectivity index (χ1) is 9.06. The Morgan fingerprint density at radius 1 is 1.26 bits per heavy atom. The summed E-state index contributed by atoms with van der Waals surface area (Å²) in [5.74, 6) is -0.948. The molecule has 0 aliphatic carbocycles. The number of aryl methyl sites for hydroxylation is 1. The highest BCUT2D eigenvalue weighted by atomic mass is 32.2. The van der Waals surface area contributed by atoms with Crippen LogP contribution < -0.4 is 0 Å². The quantitative estimate of drug-likeness (QED) is 0.871. The lowest BCUT2D eigenvalue weighted by molar-refractivity contribution is 0.198. The van der Waals surface area contributed by atoms with E-state index in [-0.39, 0.29) is 11.3 Å². The van der Waals surface area contributed by atoms with Gasteiger partial charge in [-0.2, -0.15) is 0 Å². The van der Waals surface area contributed by atoms with Crippen LogP contribution in [0.5, 0.6) is 0 Å². The highest BCUT2D eigenvalue weighted by Crippen LogP contribution is 2.25. The number of pyridine rings is 1. The number of aliphatic hydroxyl groups excluding tert-OH is 1. The van der Waals surface area contributed by atoms with Crippen LogP contribution in [0.2, 0.25) is 0 Å². The Kier molecular flexibility index (Phi) is 4.50. The van der Waals surface area contributed by atoms with E-state index in [0.29, 0.717) is 0 Å². The number of rotatable bonds is 4. The third kappa shape index (κ3) is 3.75. The zero-order valence-electron chi connectivity index (χ0n) is 10.3. The Morgan fingerprint density at radius 3 is 2.74 bits per heavy atom. The molecule has 5 heteroatoms. The number of halogens is 2. The van der Waals surface area contributed by atoms with E-state index >= 15 is 0 Å². The van der Waals surface area contributed by atoms with E-state index in [0.717, 1.165) is 28.8 Å². The van der Waals surface area contributed by atoms with Crippen LogP contribution in [0.15, 0.2) is 41.6 Å². The van der Waals surface area contributed by atoms with Crippen molar-refractivity contribution in [3.63, 3.8) is 0 Å². The summed E-state index contributed by atoms with van der Waals surface area (Å²) in [6, 6.07) is 6.80. The van der Waals surface area contributed by atoms with Gasteiger partial charge in [-0.1, -0.05) is 6.07 Å². The maximum atomic E-state index is 13.4. The van der Waals surface area contributed by atoms with Gasteiger partial charge in [0.1, 0.15) is 11.6 Å². The molecule has 19 heavy (non-hydrogen) atoms. The van der Waals surface area contributed by atoms with E-state index in [1.165, 1.54) is 11.8 Å². The maximum absolute atomic E-state index is 13.4. The van der Waals surface area contributed by atoms with Gasteiger partial charge in [0, 0.05) is 17.5 Å². The summed E-state index contributed by atoms with van der Waals surface area (Å²) in [5.41, 5.74) is 1.01. The lowest BCUT2D eigenvalue weighted by Gasteiger charge is -2.11. The van der Waals surface area contributed by atoms with E-state index < -0.39 is 17.7 Å². The van der Waals surface area contributed by atoms with Crippen LogP contribution >= 0.6 is 11.8 Å². The topological polar surface area (TPSA) is 33.1 Å². The van der Waals surface area contributed by atoms with Crippen molar-refractivity contribution in [1.82, 2.24) is 4.98 Å². The first-order valence-corrected chi connectivity index (χ1v) is 6.73. The van der Waals surface area contributed by atoms with Crippen LogP contribution in [0.25, 0.3) is 0 Å². The first-order valence-electron chi connectivity index (χ1n) is 5.75. The molecule has 1 N–H and O–H groups in total. The lowest BCUT2D eigenvalue weighted by Crippen LogP contribution is -2.04. The smallest absolute Gasteiger partial charge is 0.129 e. The monoisotopic (exact) mass is 281 g/mol. The molecular weight excluding hydrogens is 268 g/mol. The molecule has 1 unspecified atom stereocenters. The van der Waals surface area contributed by atoms with Gasteiger partial charge in [0.15, 0.2) is 0 Å². The van der Waals surface area contributed by atoms with Gasteiger partial charge in [0.05, 0.1) is 11.1 Å². The Balaban J connectivity index is 2.03. The van der Waals surface area contributed by atoms with E-state index in [1.807, 2.05) is 19.1 Å². The molecule has 1 heterocycles. The molecule has 1 atom stereocenters. The molecule has 0 radical (unpaired) electrons. The number of aliphatic hydroxyl groups is 1. The number of aromatic nitrogens is 1. The van der Waals surface area contributed by atoms with Crippen LogP contribution in [0.3, 0.4) is 0 Å². The van der Waals surface area contributed by atoms with Crippen molar-refractivity contribution in [3.8, 4) is 0 Å². The van der Waals surface area contributed by atoms with Gasteiger partial charge in [0.2, 0.25) is 0 Å². The molecule has 2 aromatic rings. The minimum Gasteiger partial charge on any atom is -0.387 e. The second-order valence-electron chi connectivity index (χ2n) is 4.17. The van der Waals surface area contributed by atoms with Gasteiger partial charge < -0.3 is 5.11 Å². The molecule has 2 nitrogen and oxygen atoms in total. The summed E-state index contributed by atoms with van der Waals surface area (Å²) < 4.78 is 26.5. The zero-order chi connectivity index (χ0) is 13.8. The minimum atomic E-state index is -1.07. The maximum Gasteiger partial charge on any atom is 0.129 e. The number of benzene rings is 1. The Bertz CT molecular complexity index is 560. The molecule has 0 aliphatic heterocycles. The third-order valence-electron chi connectivity index (χ3n) is 2.59. The van der Waals surface area contributed by atoms with Crippen molar-refractivity contribution in [2.75, 3.05) is 5.75 Å². The van der Waals surface area contributed by atoms with Crippen molar-refractivity contribution in [2.24, 2.45) is 0 Å². The van der Waals surface area contributed by atoms with Gasteiger partial charge in [-0.25, -0.2) is 13.8 Å². The third-order valence-corrected chi connectivity index (χ3v) is 3.61. The average Bonchev–Trinajstić information content (AvgIpc) is 2.40. The number of hydrogen-bond acceptors (Lipinski definition) is 3. The van der Waals surface area contributed by atoms with Gasteiger partial charge in [-0.3, -0.25) is 0 Å². The summed E-state index contributed by atoms with van der Waals surface area (Å²) in [4.78, 5) is 4.17. The molecule has 0 fully saturated rings. The molecule has 0 saturated carbocycles. The molecular formula is C14H13F2NOS. The fourth-order valence-electron chi connectivity index (χ4n) is 1.56. The normalized spacial score (nSPS) is 12.4. The molecule has 1 aromatic heterocycles. The molecule has 2 rings (SSSR count). The molecule has 100 valence electrons. The highest BCUT2D eigenvalue weighted by molar-refractivity contribution is 7.99. The predicted octanol–water partition coefficient (Wildman–Crippen LogP) is 3.49. The molecule has 0 spiro atoms. The van der Waals surface area contributed by atoms with Gasteiger partial charge in [-0.05, 0) is 36.8 Å². The van der Waals surface area contributed by atoms with Crippen molar-refractivity contribution in [1.29, 1.82) is 0 Å². The Hall–Kier alpha value is -1.46. The first kappa shape index (κ1) is 14.0. The van der Waals surface area contributed by atoms with Crippen LogP contribution in [0, 0.1) is 18.6 Å². The van der Waals surface area contributed by atoms with E-state index in [2.05, 4.69) is 4.98 Å². The number of thioether (sulfide) groups is 1. The molecule has 0 amide bonds. The predicted molar refractivity (Wildman–Crippen MR) is 71.0 cm³/mol. The standard InChI is InChI=1S/C14H13F2NOS/c1-9-2-5-14(17-7-9)19-8-13(18)11-6-10(15)3-4-12(11)16/h2-7,13,18H,8H2,1H3. The van der Waals surface area contributed by atoms with Crippen molar-refractivity contribution in [2.45, 2.75) is 18.1 Å². The van der Waals surface area contributed by atoms with Crippen molar-refractivity contribution in [3.05, 3.63) is 59.3 Å². The number of hydrogen-bond donors (Lipinski definition) is 1. The summed E-state index contributed by atoms with van der Waals surface area (Å²) in [6.07, 6.45) is 0.654. The Morgan fingerprint density at radius 2 is 2.05 bits per heavy atom. The van der Waals surface area contributed by atoms with E-state index in [1.54, 1.807) is 6.20 Å². The fourth-order valence-corrected chi connectivity index (χ4v) is 2.36. The molecule has 0 bridgehead atoms. The summed E-state index contributed by atoms with van der Waals surface area (Å²) in [6.45, 7) is 1.93. The lowest BCUT2D eigenvalue weighted by atomic mass is 10.1. The Labute approximate surface area is 114 Å². The van der Waals surface area contributed by atoms with E-state index in [4.69, 9.17) is 0 Å². The molecule has 0 aliphatic rings. The van der Waals surface area contributed by atoms with Gasteiger partial charge in [0.25, 0.3) is 0 Å². The SMILES string of the molecule is Cc1ccc(SCC(O)c2cc(F)ccc2F)nc1.